The summed E-state index contributed by atoms with van der Waals surface area (Å²) in [5, 5.41) is 13.8. The van der Waals surface area contributed by atoms with Gasteiger partial charge in [0.15, 0.2) is 5.66 Å². The quantitative estimate of drug-likeness (QED) is 0.565. The molecule has 0 saturated carbocycles. The molecule has 0 saturated heterocycles. The molecular weight excluding hydrogens is 378 g/mol. The second kappa shape index (κ2) is 10.3. The third-order valence-electron chi connectivity index (χ3n) is 4.91. The molecule has 7 nitrogen and oxygen atoms in total. The number of carbonyl (C=O) groups excluding carboxylic acids is 2. The van der Waals surface area contributed by atoms with Gasteiger partial charge < -0.3 is 10.6 Å². The molecule has 0 fully saturated rings. The molecule has 30 heavy (non-hydrogen) atoms. The SMILES string of the molecule is C#CCCC1(CCC(=O)N[C@@H](Cc2ccccc2)C(=O)NCc2ccccn2)N=N1. The van der Waals surface area contributed by atoms with Gasteiger partial charge in [0.05, 0.1) is 12.2 Å². The first-order valence-electron chi connectivity index (χ1n) is 9.99. The Morgan fingerprint density at radius 1 is 1.07 bits per heavy atom. The summed E-state index contributed by atoms with van der Waals surface area (Å²) in [6.45, 7) is 0.299. The summed E-state index contributed by atoms with van der Waals surface area (Å²) in [4.78, 5) is 29.5. The summed E-state index contributed by atoms with van der Waals surface area (Å²) in [6, 6.07) is 14.4. The first kappa shape index (κ1) is 21.2. The van der Waals surface area contributed by atoms with Crippen LogP contribution in [0.5, 0.6) is 0 Å². The molecule has 2 heterocycles. The average Bonchev–Trinajstić information content (AvgIpc) is 3.56. The first-order chi connectivity index (χ1) is 14.6. The first-order valence-corrected chi connectivity index (χ1v) is 9.99. The molecule has 7 heteroatoms. The molecule has 2 N–H and O–H groups in total. The standard InChI is InChI=1S/C23H25N5O2/c1-2-3-13-23(27-28-23)14-12-21(29)26-20(16-18-9-5-4-6-10-18)22(30)25-17-19-11-7-8-15-24-19/h1,4-11,15,20H,3,12-14,16-17H2,(H,25,30)(H,26,29)/t20-/m0/s1. The Labute approximate surface area is 176 Å². The normalized spacial score (nSPS) is 14.4. The smallest absolute Gasteiger partial charge is 0.243 e. The third-order valence-corrected chi connectivity index (χ3v) is 4.91. The van der Waals surface area contributed by atoms with Crippen LogP contribution in [-0.2, 0) is 22.6 Å². The molecule has 0 spiro atoms. The topological polar surface area (TPSA) is 95.8 Å². The predicted octanol–water partition coefficient (Wildman–Crippen LogP) is 2.78. The molecule has 1 aliphatic heterocycles. The molecular formula is C23H25N5O2. The lowest BCUT2D eigenvalue weighted by Gasteiger charge is -2.19. The number of hydrogen-bond donors (Lipinski definition) is 2. The highest BCUT2D eigenvalue weighted by atomic mass is 16.2. The Balaban J connectivity index is 1.57. The number of rotatable bonds is 11. The van der Waals surface area contributed by atoms with E-state index in [0.29, 0.717) is 32.2 Å². The minimum absolute atomic E-state index is 0.207. The minimum atomic E-state index is -0.682. The zero-order chi connectivity index (χ0) is 21.2. The maximum atomic E-state index is 12.8. The van der Waals surface area contributed by atoms with Crippen molar-refractivity contribution in [2.75, 3.05) is 0 Å². The van der Waals surface area contributed by atoms with Gasteiger partial charge in [0.2, 0.25) is 11.8 Å². The molecule has 2 aromatic rings. The van der Waals surface area contributed by atoms with Crippen LogP contribution in [0.3, 0.4) is 0 Å². The van der Waals surface area contributed by atoms with Crippen LogP contribution >= 0.6 is 0 Å². The number of pyridine rings is 1. The molecule has 154 valence electrons. The summed E-state index contributed by atoms with van der Waals surface area (Å²) >= 11 is 0. The molecule has 2 amide bonds. The minimum Gasteiger partial charge on any atom is -0.349 e. The Morgan fingerprint density at radius 3 is 2.50 bits per heavy atom. The summed E-state index contributed by atoms with van der Waals surface area (Å²) in [6.07, 6.45) is 9.32. The molecule has 0 radical (unpaired) electrons. The van der Waals surface area contributed by atoms with E-state index >= 15 is 0 Å². The van der Waals surface area contributed by atoms with E-state index in [1.807, 2.05) is 48.5 Å². The van der Waals surface area contributed by atoms with Crippen LogP contribution in [0.25, 0.3) is 0 Å². The largest absolute Gasteiger partial charge is 0.349 e. The zero-order valence-electron chi connectivity index (χ0n) is 16.8. The fourth-order valence-corrected chi connectivity index (χ4v) is 3.11. The second-order valence-electron chi connectivity index (χ2n) is 7.24. The van der Waals surface area contributed by atoms with Crippen LogP contribution in [0.4, 0.5) is 0 Å². The van der Waals surface area contributed by atoms with E-state index in [4.69, 9.17) is 6.42 Å². The molecule has 1 atom stereocenters. The average molecular weight is 403 g/mol. The van der Waals surface area contributed by atoms with Crippen molar-refractivity contribution in [3.63, 3.8) is 0 Å². The lowest BCUT2D eigenvalue weighted by molar-refractivity contribution is -0.129. The van der Waals surface area contributed by atoms with Crippen LogP contribution in [0.2, 0.25) is 0 Å². The van der Waals surface area contributed by atoms with Gasteiger partial charge in [-0.2, -0.15) is 10.2 Å². The Kier molecular flexibility index (Phi) is 7.28. The van der Waals surface area contributed by atoms with Crippen molar-refractivity contribution in [1.82, 2.24) is 15.6 Å². The van der Waals surface area contributed by atoms with Crippen LogP contribution in [-0.4, -0.2) is 28.5 Å². The summed E-state index contributed by atoms with van der Waals surface area (Å²) in [5.74, 6) is 2.12. The van der Waals surface area contributed by atoms with E-state index in [0.717, 1.165) is 11.3 Å². The van der Waals surface area contributed by atoms with Gasteiger partial charge in [-0.15, -0.1) is 12.3 Å². The number of terminal acetylenes is 1. The number of hydrogen-bond acceptors (Lipinski definition) is 5. The van der Waals surface area contributed by atoms with Crippen molar-refractivity contribution in [3.8, 4) is 12.3 Å². The Morgan fingerprint density at radius 2 is 1.83 bits per heavy atom. The van der Waals surface area contributed by atoms with E-state index in [-0.39, 0.29) is 18.2 Å². The van der Waals surface area contributed by atoms with Crippen LogP contribution in [0, 0.1) is 12.3 Å². The Hall–Kier alpha value is -3.53. The van der Waals surface area contributed by atoms with Crippen LogP contribution in [0.15, 0.2) is 65.0 Å². The number of carbonyl (C=O) groups is 2. The molecule has 0 aliphatic carbocycles. The fraction of sp³-hybridized carbons (Fsp3) is 0.348. The van der Waals surface area contributed by atoms with Gasteiger partial charge in [0, 0.05) is 38.3 Å². The predicted molar refractivity (Wildman–Crippen MR) is 113 cm³/mol. The molecule has 1 aromatic carbocycles. The van der Waals surface area contributed by atoms with E-state index in [2.05, 4.69) is 31.8 Å². The summed E-state index contributed by atoms with van der Waals surface area (Å²) < 4.78 is 0. The van der Waals surface area contributed by atoms with Crippen molar-refractivity contribution in [2.24, 2.45) is 10.2 Å². The van der Waals surface area contributed by atoms with Gasteiger partial charge in [-0.05, 0) is 17.7 Å². The van der Waals surface area contributed by atoms with Gasteiger partial charge in [0.1, 0.15) is 6.04 Å². The third kappa shape index (κ3) is 6.52. The number of nitrogens with zero attached hydrogens (tertiary/aromatic N) is 3. The van der Waals surface area contributed by atoms with Gasteiger partial charge in [-0.3, -0.25) is 14.6 Å². The van der Waals surface area contributed by atoms with Gasteiger partial charge in [-0.1, -0.05) is 36.4 Å². The Bertz CT molecular complexity index is 916. The second-order valence-corrected chi connectivity index (χ2v) is 7.24. The molecule has 3 rings (SSSR count). The molecule has 1 aromatic heterocycles. The van der Waals surface area contributed by atoms with Crippen LogP contribution < -0.4 is 10.6 Å². The van der Waals surface area contributed by atoms with Crippen molar-refractivity contribution in [1.29, 1.82) is 0 Å². The fourth-order valence-electron chi connectivity index (χ4n) is 3.11. The van der Waals surface area contributed by atoms with E-state index in [9.17, 15) is 9.59 Å². The monoisotopic (exact) mass is 403 g/mol. The highest BCUT2D eigenvalue weighted by molar-refractivity contribution is 5.87. The van der Waals surface area contributed by atoms with Crippen molar-refractivity contribution in [2.45, 2.75) is 50.4 Å². The van der Waals surface area contributed by atoms with E-state index < -0.39 is 11.7 Å². The maximum absolute atomic E-state index is 12.8. The van der Waals surface area contributed by atoms with E-state index in [1.54, 1.807) is 6.20 Å². The van der Waals surface area contributed by atoms with Gasteiger partial charge in [-0.25, -0.2) is 0 Å². The van der Waals surface area contributed by atoms with Crippen LogP contribution in [0.1, 0.15) is 36.9 Å². The maximum Gasteiger partial charge on any atom is 0.243 e. The number of benzene rings is 1. The van der Waals surface area contributed by atoms with Crippen molar-refractivity contribution < 1.29 is 9.59 Å². The van der Waals surface area contributed by atoms with Gasteiger partial charge >= 0.3 is 0 Å². The zero-order valence-corrected chi connectivity index (χ0v) is 16.8. The number of aromatic nitrogens is 1. The summed E-state index contributed by atoms with van der Waals surface area (Å²) in [5.41, 5.74) is 1.20. The van der Waals surface area contributed by atoms with Crippen molar-refractivity contribution in [3.05, 3.63) is 66.0 Å². The van der Waals surface area contributed by atoms with E-state index in [1.165, 1.54) is 0 Å². The number of amides is 2. The lowest BCUT2D eigenvalue weighted by atomic mass is 10.0. The lowest BCUT2D eigenvalue weighted by Crippen LogP contribution is -2.48. The molecule has 0 bridgehead atoms. The molecule has 1 aliphatic rings. The number of nitrogens with one attached hydrogen (secondary N) is 2. The highest BCUT2D eigenvalue weighted by Gasteiger charge is 2.39. The summed E-state index contributed by atoms with van der Waals surface area (Å²) in [7, 11) is 0. The highest BCUT2D eigenvalue weighted by Crippen LogP contribution is 2.37. The van der Waals surface area contributed by atoms with Gasteiger partial charge in [0.25, 0.3) is 0 Å². The molecule has 0 unspecified atom stereocenters. The van der Waals surface area contributed by atoms with Crippen molar-refractivity contribution >= 4 is 11.8 Å².